The van der Waals surface area contributed by atoms with Crippen molar-refractivity contribution in [2.24, 2.45) is 0 Å². The molecule has 0 saturated carbocycles. The summed E-state index contributed by atoms with van der Waals surface area (Å²) in [7, 11) is 0. The minimum absolute atomic E-state index is 0.0472. The minimum Gasteiger partial charge on any atom is -0.491 e. The van der Waals surface area contributed by atoms with Crippen LogP contribution in [0.25, 0.3) is 22.6 Å². The van der Waals surface area contributed by atoms with E-state index in [-0.39, 0.29) is 29.8 Å². The average Bonchev–Trinajstić information content (AvgIpc) is 3.53. The first-order chi connectivity index (χ1) is 18.2. The first-order valence-electron chi connectivity index (χ1n) is 12.0. The third kappa shape index (κ3) is 4.44. The van der Waals surface area contributed by atoms with E-state index in [1.54, 1.807) is 20.0 Å². The molecule has 1 saturated heterocycles. The van der Waals surface area contributed by atoms with Gasteiger partial charge in [0.1, 0.15) is 36.4 Å². The lowest BCUT2D eigenvalue weighted by Crippen LogP contribution is -2.19. The van der Waals surface area contributed by atoms with Crippen molar-refractivity contribution in [3.63, 3.8) is 0 Å². The predicted molar refractivity (Wildman–Crippen MR) is 129 cm³/mol. The van der Waals surface area contributed by atoms with E-state index in [4.69, 9.17) is 19.0 Å². The summed E-state index contributed by atoms with van der Waals surface area (Å²) in [6.07, 6.45) is -1.47. The largest absolute Gasteiger partial charge is 0.491 e. The molecule has 3 aromatic heterocycles. The lowest BCUT2D eigenvalue weighted by atomic mass is 10.0. The average molecular weight is 525 g/mol. The summed E-state index contributed by atoms with van der Waals surface area (Å²) in [5, 5.41) is 4.03. The van der Waals surface area contributed by atoms with E-state index >= 15 is 0 Å². The van der Waals surface area contributed by atoms with Gasteiger partial charge in [0.05, 0.1) is 41.4 Å². The Morgan fingerprint density at radius 3 is 2.63 bits per heavy atom. The zero-order valence-electron chi connectivity index (χ0n) is 20.8. The van der Waals surface area contributed by atoms with Crippen LogP contribution in [0.2, 0.25) is 0 Å². The number of anilines is 1. The molecule has 5 heterocycles. The van der Waals surface area contributed by atoms with Crippen LogP contribution in [0.1, 0.15) is 33.8 Å². The van der Waals surface area contributed by atoms with E-state index in [2.05, 4.69) is 20.1 Å². The van der Waals surface area contributed by atoms with Gasteiger partial charge in [-0.3, -0.25) is 0 Å². The fourth-order valence-electron chi connectivity index (χ4n) is 4.65. The van der Waals surface area contributed by atoms with Gasteiger partial charge in [0, 0.05) is 29.4 Å². The summed E-state index contributed by atoms with van der Waals surface area (Å²) in [5.74, 6) is 1.20. The zero-order valence-corrected chi connectivity index (χ0v) is 20.8. The van der Waals surface area contributed by atoms with E-state index in [0.29, 0.717) is 53.8 Å². The van der Waals surface area contributed by atoms with E-state index in [9.17, 15) is 13.2 Å². The summed E-state index contributed by atoms with van der Waals surface area (Å²) in [4.78, 5) is 19.8. The normalized spacial score (nSPS) is 16.6. The van der Waals surface area contributed by atoms with Crippen molar-refractivity contribution in [3.8, 4) is 28.4 Å². The lowest BCUT2D eigenvalue weighted by Gasteiger charge is -2.22. The van der Waals surface area contributed by atoms with Crippen LogP contribution < -0.4 is 9.64 Å². The monoisotopic (exact) mass is 524 g/mol. The van der Waals surface area contributed by atoms with Gasteiger partial charge in [0.2, 0.25) is 0 Å². The van der Waals surface area contributed by atoms with E-state index in [1.165, 1.54) is 18.5 Å². The second-order valence-electron chi connectivity index (χ2n) is 9.37. The summed E-state index contributed by atoms with van der Waals surface area (Å²) >= 11 is 0. The topological polar surface area (TPSA) is 103 Å². The van der Waals surface area contributed by atoms with Crippen LogP contribution in [-0.4, -0.2) is 44.4 Å². The molecule has 0 aliphatic carbocycles. The fourth-order valence-corrected chi connectivity index (χ4v) is 4.65. The molecule has 2 aliphatic heterocycles. The molecule has 0 amide bonds. The summed E-state index contributed by atoms with van der Waals surface area (Å²) in [6.45, 7) is 7.08. The number of alkyl halides is 3. The molecule has 0 spiro atoms. The molecular formula is C26H23F3N6O3. The van der Waals surface area contributed by atoms with Crippen molar-refractivity contribution in [1.82, 2.24) is 25.1 Å². The summed E-state index contributed by atoms with van der Waals surface area (Å²) in [5.41, 5.74) is 3.07. The molecule has 12 heteroatoms. The van der Waals surface area contributed by atoms with Crippen LogP contribution in [0.5, 0.6) is 5.75 Å². The molecule has 9 nitrogen and oxygen atoms in total. The molecule has 0 radical (unpaired) electrons. The predicted octanol–water partition coefficient (Wildman–Crippen LogP) is 4.83. The lowest BCUT2D eigenvalue weighted by molar-refractivity contribution is -0.137. The Morgan fingerprint density at radius 1 is 1.13 bits per heavy atom. The number of halogens is 3. The molecule has 1 aromatic carbocycles. The molecule has 6 rings (SSSR count). The number of aromatic nitrogens is 5. The minimum atomic E-state index is -4.63. The van der Waals surface area contributed by atoms with E-state index < -0.39 is 11.7 Å². The van der Waals surface area contributed by atoms with Gasteiger partial charge in [-0.15, -0.1) is 0 Å². The van der Waals surface area contributed by atoms with Crippen molar-refractivity contribution < 1.29 is 27.2 Å². The third-order valence-corrected chi connectivity index (χ3v) is 6.65. The molecule has 1 atom stereocenters. The first-order valence-corrected chi connectivity index (χ1v) is 12.0. The highest BCUT2D eigenvalue weighted by atomic mass is 19.4. The molecular weight excluding hydrogens is 501 g/mol. The van der Waals surface area contributed by atoms with Gasteiger partial charge in [-0.25, -0.2) is 19.9 Å². The van der Waals surface area contributed by atoms with E-state index in [1.807, 2.05) is 11.8 Å². The summed E-state index contributed by atoms with van der Waals surface area (Å²) < 4.78 is 58.8. The van der Waals surface area contributed by atoms with Crippen molar-refractivity contribution in [2.75, 3.05) is 18.1 Å². The second kappa shape index (κ2) is 9.05. The van der Waals surface area contributed by atoms with Gasteiger partial charge in [-0.1, -0.05) is 5.16 Å². The molecule has 38 heavy (non-hydrogen) atoms. The number of ether oxygens (including phenoxy) is 2. The Hall–Kier alpha value is -4.06. The van der Waals surface area contributed by atoms with Gasteiger partial charge in [-0.05, 0) is 39.0 Å². The number of aryl methyl sites for hydroxylation is 2. The van der Waals surface area contributed by atoms with Crippen LogP contribution in [0.4, 0.5) is 19.0 Å². The van der Waals surface area contributed by atoms with E-state index in [0.717, 1.165) is 17.3 Å². The fraction of sp³-hybridized carbons (Fsp3) is 0.346. The Labute approximate surface area is 215 Å². The quantitative estimate of drug-likeness (QED) is 0.328. The molecule has 196 valence electrons. The molecule has 1 fully saturated rings. The van der Waals surface area contributed by atoms with Gasteiger partial charge in [0.15, 0.2) is 5.82 Å². The van der Waals surface area contributed by atoms with Crippen molar-refractivity contribution in [3.05, 3.63) is 64.6 Å². The van der Waals surface area contributed by atoms with Crippen molar-refractivity contribution in [1.29, 1.82) is 0 Å². The highest BCUT2D eigenvalue weighted by Crippen LogP contribution is 2.41. The smallest absolute Gasteiger partial charge is 0.417 e. The third-order valence-electron chi connectivity index (χ3n) is 6.65. The van der Waals surface area contributed by atoms with Crippen LogP contribution >= 0.6 is 0 Å². The van der Waals surface area contributed by atoms with Crippen LogP contribution in [0.15, 0.2) is 35.2 Å². The number of rotatable bonds is 6. The second-order valence-corrected chi connectivity index (χ2v) is 9.37. The number of epoxide rings is 1. The number of benzene rings is 1. The number of hydrogen-bond donors (Lipinski definition) is 0. The maximum atomic E-state index is 14.2. The first kappa shape index (κ1) is 24.3. The standard InChI is InChI=1S/C26H23F3N6O3/c1-13-23(22-14(2)34-38-15(22)3)32-24(33-25(13)35-8-16-7-30-12-31-21(16)9-35)19-6-17(36-10-18-11-37-18)4-5-20(19)26(27,28)29/h4-7,12,18H,8-11H2,1-3H3. The number of nitrogens with zero attached hydrogens (tertiary/aromatic N) is 6. The Kier molecular flexibility index (Phi) is 5.78. The van der Waals surface area contributed by atoms with Crippen LogP contribution in [-0.2, 0) is 24.0 Å². The molecule has 0 bridgehead atoms. The van der Waals surface area contributed by atoms with Gasteiger partial charge < -0.3 is 18.9 Å². The molecule has 2 aliphatic rings. The van der Waals surface area contributed by atoms with Crippen LogP contribution in [0.3, 0.4) is 0 Å². The van der Waals surface area contributed by atoms with Gasteiger partial charge >= 0.3 is 6.18 Å². The summed E-state index contributed by atoms with van der Waals surface area (Å²) in [6, 6.07) is 3.63. The Bertz CT molecular complexity index is 1490. The highest BCUT2D eigenvalue weighted by Gasteiger charge is 2.36. The Morgan fingerprint density at radius 2 is 1.95 bits per heavy atom. The Balaban J connectivity index is 1.53. The molecule has 1 unspecified atom stereocenters. The van der Waals surface area contributed by atoms with Crippen molar-refractivity contribution in [2.45, 2.75) is 46.1 Å². The number of fused-ring (bicyclic) bond motifs is 1. The molecule has 4 aromatic rings. The SMILES string of the molecule is Cc1noc(C)c1-c1nc(-c2cc(OCC3CO3)ccc2C(F)(F)F)nc(N2Cc3cncnc3C2)c1C. The zero-order chi connectivity index (χ0) is 26.6. The van der Waals surface area contributed by atoms with Crippen LogP contribution in [0, 0.1) is 20.8 Å². The maximum absolute atomic E-state index is 14.2. The highest BCUT2D eigenvalue weighted by molar-refractivity contribution is 5.76. The van der Waals surface area contributed by atoms with Gasteiger partial charge in [-0.2, -0.15) is 13.2 Å². The maximum Gasteiger partial charge on any atom is 0.417 e. The number of hydrogen-bond acceptors (Lipinski definition) is 9. The molecule has 0 N–H and O–H groups in total. The van der Waals surface area contributed by atoms with Gasteiger partial charge in [0.25, 0.3) is 0 Å². The van der Waals surface area contributed by atoms with Crippen molar-refractivity contribution >= 4 is 5.82 Å².